The smallest absolute Gasteiger partial charge is 0.186 e. The fourth-order valence-corrected chi connectivity index (χ4v) is 2.82. The van der Waals surface area contributed by atoms with Crippen molar-refractivity contribution in [2.24, 2.45) is 10.9 Å². The minimum atomic E-state index is 0.216. The maximum absolute atomic E-state index is 8.62. The minimum absolute atomic E-state index is 0.216. The van der Waals surface area contributed by atoms with E-state index in [1.807, 2.05) is 18.2 Å². The van der Waals surface area contributed by atoms with Crippen molar-refractivity contribution in [3.63, 3.8) is 0 Å². The second kappa shape index (κ2) is 7.06. The highest BCUT2D eigenvalue weighted by molar-refractivity contribution is 7.22. The van der Waals surface area contributed by atoms with Crippen LogP contribution in [-0.4, -0.2) is 42.8 Å². The first-order valence-electron chi connectivity index (χ1n) is 6.30. The molecule has 0 saturated carbocycles. The molecule has 6 nitrogen and oxygen atoms in total. The van der Waals surface area contributed by atoms with Gasteiger partial charge in [0.15, 0.2) is 5.13 Å². The topological polar surface area (TPSA) is 84.0 Å². The number of aromatic nitrogens is 1. The molecule has 1 heterocycles. The number of nitrogens with two attached hydrogens (primary N) is 1. The summed E-state index contributed by atoms with van der Waals surface area (Å²) in [5, 5.41) is 12.5. The van der Waals surface area contributed by atoms with Gasteiger partial charge in [-0.25, -0.2) is 4.98 Å². The van der Waals surface area contributed by atoms with Crippen LogP contribution in [0.15, 0.2) is 29.4 Å². The Kier molecular flexibility index (Phi) is 5.14. The Morgan fingerprint density at radius 3 is 2.95 bits per heavy atom. The first-order valence-corrected chi connectivity index (χ1v) is 7.12. The SMILES string of the molecule is COCCN(CCC(N)=NO)c1nc2ccccc2s1. The summed E-state index contributed by atoms with van der Waals surface area (Å²) >= 11 is 1.63. The monoisotopic (exact) mass is 294 g/mol. The Morgan fingerprint density at radius 2 is 2.25 bits per heavy atom. The number of nitrogens with zero attached hydrogens (tertiary/aromatic N) is 3. The molecule has 1 aromatic heterocycles. The number of ether oxygens (including phenoxy) is 1. The molecule has 0 amide bonds. The van der Waals surface area contributed by atoms with Crippen molar-refractivity contribution in [1.82, 2.24) is 4.98 Å². The molecule has 108 valence electrons. The fraction of sp³-hybridized carbons (Fsp3) is 0.385. The molecule has 0 aliphatic rings. The molecule has 3 N–H and O–H groups in total. The molecule has 0 aliphatic carbocycles. The number of rotatable bonds is 7. The van der Waals surface area contributed by atoms with Crippen LogP contribution in [0.3, 0.4) is 0 Å². The quantitative estimate of drug-likeness (QED) is 0.352. The zero-order chi connectivity index (χ0) is 14.4. The number of amidine groups is 1. The van der Waals surface area contributed by atoms with Crippen molar-refractivity contribution in [2.75, 3.05) is 31.7 Å². The van der Waals surface area contributed by atoms with Gasteiger partial charge in [-0.2, -0.15) is 0 Å². The summed E-state index contributed by atoms with van der Waals surface area (Å²) in [6.45, 7) is 1.96. The average Bonchev–Trinajstić information content (AvgIpc) is 2.90. The minimum Gasteiger partial charge on any atom is -0.409 e. The van der Waals surface area contributed by atoms with E-state index < -0.39 is 0 Å². The molecule has 2 rings (SSSR count). The molecule has 0 spiro atoms. The van der Waals surface area contributed by atoms with Gasteiger partial charge < -0.3 is 20.6 Å². The van der Waals surface area contributed by atoms with E-state index in [0.717, 1.165) is 21.9 Å². The normalized spacial score (nSPS) is 11.9. The van der Waals surface area contributed by atoms with Gasteiger partial charge in [-0.1, -0.05) is 28.6 Å². The number of oxime groups is 1. The highest BCUT2D eigenvalue weighted by Crippen LogP contribution is 2.28. The highest BCUT2D eigenvalue weighted by Gasteiger charge is 2.12. The van der Waals surface area contributed by atoms with Crippen LogP contribution in [0.25, 0.3) is 10.2 Å². The lowest BCUT2D eigenvalue weighted by atomic mass is 10.3. The van der Waals surface area contributed by atoms with Gasteiger partial charge in [-0.15, -0.1) is 0 Å². The van der Waals surface area contributed by atoms with Gasteiger partial charge in [-0.05, 0) is 12.1 Å². The van der Waals surface area contributed by atoms with Crippen molar-refractivity contribution in [1.29, 1.82) is 0 Å². The molecule has 0 aliphatic heterocycles. The van der Waals surface area contributed by atoms with Crippen LogP contribution in [0.2, 0.25) is 0 Å². The van der Waals surface area contributed by atoms with Crippen molar-refractivity contribution >= 4 is 32.5 Å². The van der Waals surface area contributed by atoms with Gasteiger partial charge in [-0.3, -0.25) is 0 Å². The van der Waals surface area contributed by atoms with Crippen molar-refractivity contribution in [3.8, 4) is 0 Å². The van der Waals surface area contributed by atoms with E-state index in [0.29, 0.717) is 19.6 Å². The van der Waals surface area contributed by atoms with Gasteiger partial charge >= 0.3 is 0 Å². The van der Waals surface area contributed by atoms with E-state index in [4.69, 9.17) is 15.7 Å². The van der Waals surface area contributed by atoms with Crippen LogP contribution in [0.4, 0.5) is 5.13 Å². The van der Waals surface area contributed by atoms with Crippen LogP contribution < -0.4 is 10.6 Å². The third kappa shape index (κ3) is 3.58. The Morgan fingerprint density at radius 1 is 1.45 bits per heavy atom. The molecule has 20 heavy (non-hydrogen) atoms. The van der Waals surface area contributed by atoms with E-state index in [1.165, 1.54) is 0 Å². The lowest BCUT2D eigenvalue weighted by Crippen LogP contribution is -2.31. The third-order valence-corrected chi connectivity index (χ3v) is 3.98. The lowest BCUT2D eigenvalue weighted by molar-refractivity contribution is 0.205. The maximum atomic E-state index is 8.62. The van der Waals surface area contributed by atoms with Crippen molar-refractivity contribution < 1.29 is 9.94 Å². The fourth-order valence-electron chi connectivity index (χ4n) is 1.80. The molecule has 0 saturated heterocycles. The number of methoxy groups -OCH3 is 1. The summed E-state index contributed by atoms with van der Waals surface area (Å²) in [5.74, 6) is 0.216. The number of fused-ring (bicyclic) bond motifs is 1. The highest BCUT2D eigenvalue weighted by atomic mass is 32.1. The van der Waals surface area contributed by atoms with E-state index in [2.05, 4.69) is 21.1 Å². The second-order valence-corrected chi connectivity index (χ2v) is 5.29. The Hall–Kier alpha value is -1.86. The van der Waals surface area contributed by atoms with Crippen LogP contribution >= 0.6 is 11.3 Å². The molecule has 0 bridgehead atoms. The Bertz CT molecular complexity index is 552. The molecule has 0 fully saturated rings. The largest absolute Gasteiger partial charge is 0.409 e. The molecule has 0 radical (unpaired) electrons. The summed E-state index contributed by atoms with van der Waals surface area (Å²) in [7, 11) is 1.67. The Balaban J connectivity index is 2.15. The summed E-state index contributed by atoms with van der Waals surface area (Å²) in [5.41, 5.74) is 6.51. The van der Waals surface area contributed by atoms with E-state index >= 15 is 0 Å². The summed E-state index contributed by atoms with van der Waals surface area (Å²) in [6, 6.07) is 8.02. The third-order valence-electron chi connectivity index (χ3n) is 2.88. The number of thiazole rings is 1. The molecule has 0 unspecified atom stereocenters. The molecule has 0 atom stereocenters. The number of hydrogen-bond acceptors (Lipinski definition) is 6. The van der Waals surface area contributed by atoms with Crippen LogP contribution in [0.5, 0.6) is 0 Å². The van der Waals surface area contributed by atoms with Crippen molar-refractivity contribution in [2.45, 2.75) is 6.42 Å². The van der Waals surface area contributed by atoms with E-state index in [9.17, 15) is 0 Å². The summed E-state index contributed by atoms with van der Waals surface area (Å²) in [4.78, 5) is 6.70. The predicted octanol–water partition coefficient (Wildman–Crippen LogP) is 1.89. The van der Waals surface area contributed by atoms with Gasteiger partial charge in [0, 0.05) is 26.6 Å². The second-order valence-electron chi connectivity index (χ2n) is 4.29. The molecule has 1 aromatic carbocycles. The molecular weight excluding hydrogens is 276 g/mol. The lowest BCUT2D eigenvalue weighted by Gasteiger charge is -2.20. The van der Waals surface area contributed by atoms with E-state index in [-0.39, 0.29) is 5.84 Å². The summed E-state index contributed by atoms with van der Waals surface area (Å²) < 4.78 is 6.27. The van der Waals surface area contributed by atoms with Gasteiger partial charge in [0.05, 0.1) is 16.8 Å². The van der Waals surface area contributed by atoms with Gasteiger partial charge in [0.2, 0.25) is 0 Å². The van der Waals surface area contributed by atoms with Crippen molar-refractivity contribution in [3.05, 3.63) is 24.3 Å². The zero-order valence-electron chi connectivity index (χ0n) is 11.3. The number of hydrogen-bond donors (Lipinski definition) is 2. The number of anilines is 1. The molecule has 2 aromatic rings. The van der Waals surface area contributed by atoms with E-state index in [1.54, 1.807) is 18.4 Å². The number of para-hydroxylation sites is 1. The van der Waals surface area contributed by atoms with Gasteiger partial charge in [0.1, 0.15) is 5.84 Å². The first-order chi connectivity index (χ1) is 9.74. The standard InChI is InChI=1S/C13H18N4O2S/c1-19-9-8-17(7-6-12(14)16-18)13-15-10-4-2-3-5-11(10)20-13/h2-5,18H,6-9H2,1H3,(H2,14,16). The average molecular weight is 294 g/mol. The van der Waals surface area contributed by atoms with Crippen LogP contribution in [0.1, 0.15) is 6.42 Å². The first kappa shape index (κ1) is 14.5. The molecular formula is C13H18N4O2S. The van der Waals surface area contributed by atoms with Crippen LogP contribution in [-0.2, 0) is 4.74 Å². The zero-order valence-corrected chi connectivity index (χ0v) is 12.1. The van der Waals surface area contributed by atoms with Gasteiger partial charge in [0.25, 0.3) is 0 Å². The summed E-state index contributed by atoms with van der Waals surface area (Å²) in [6.07, 6.45) is 0.482. The van der Waals surface area contributed by atoms with Crippen LogP contribution in [0, 0.1) is 0 Å². The Labute approximate surface area is 121 Å². The number of benzene rings is 1. The molecule has 7 heteroatoms. The maximum Gasteiger partial charge on any atom is 0.186 e. The predicted molar refractivity (Wildman–Crippen MR) is 81.7 cm³/mol.